The number of hydrogen-bond donors (Lipinski definition) is 0. The molecular formula is C7H9BrFN3O. The molecule has 1 heterocycles. The molecular weight excluding hydrogens is 241 g/mol. The second kappa shape index (κ2) is 3.17. The second-order valence-electron chi connectivity index (χ2n) is 3.15. The molecule has 0 unspecified atom stereocenters. The SMILES string of the molecule is Cn1nnc(Br)c1C(=O)C(C)(C)F. The van der Waals surface area contributed by atoms with Gasteiger partial charge in [0.2, 0.25) is 5.78 Å². The summed E-state index contributed by atoms with van der Waals surface area (Å²) in [6, 6.07) is 0. The normalized spacial score (nSPS) is 11.8. The van der Waals surface area contributed by atoms with Crippen LogP contribution in [0.2, 0.25) is 0 Å². The average Bonchev–Trinajstić information content (AvgIpc) is 2.28. The second-order valence-corrected chi connectivity index (χ2v) is 3.91. The molecule has 0 fully saturated rings. The molecule has 0 spiro atoms. The number of carbonyl (C=O) groups excluding carboxylic acids is 1. The Bertz CT molecular complexity index is 322. The Morgan fingerprint density at radius 1 is 1.62 bits per heavy atom. The number of rotatable bonds is 2. The summed E-state index contributed by atoms with van der Waals surface area (Å²) in [4.78, 5) is 11.5. The molecule has 0 saturated heterocycles. The lowest BCUT2D eigenvalue weighted by atomic mass is 10.0. The molecule has 1 aromatic rings. The lowest BCUT2D eigenvalue weighted by Crippen LogP contribution is -2.28. The number of aryl methyl sites for hydroxylation is 1. The summed E-state index contributed by atoms with van der Waals surface area (Å²) in [5.74, 6) is -0.633. The topological polar surface area (TPSA) is 47.8 Å². The van der Waals surface area contributed by atoms with Crippen LogP contribution in [-0.2, 0) is 7.05 Å². The van der Waals surface area contributed by atoms with Gasteiger partial charge in [0.05, 0.1) is 0 Å². The van der Waals surface area contributed by atoms with Crippen LogP contribution in [0.25, 0.3) is 0 Å². The Balaban J connectivity index is 3.16. The first-order valence-electron chi connectivity index (χ1n) is 3.63. The quantitative estimate of drug-likeness (QED) is 0.747. The van der Waals surface area contributed by atoms with Gasteiger partial charge in [-0.25, -0.2) is 9.07 Å². The minimum Gasteiger partial charge on any atom is -0.289 e. The standard InChI is InChI=1S/C7H9BrFN3O/c1-7(2,9)5(13)4-6(8)10-11-12(4)3/h1-3H3. The van der Waals surface area contributed by atoms with Gasteiger partial charge in [-0.05, 0) is 29.8 Å². The molecule has 1 aromatic heterocycles. The number of nitrogens with zero attached hydrogens (tertiary/aromatic N) is 3. The van der Waals surface area contributed by atoms with Crippen LogP contribution in [0.1, 0.15) is 24.3 Å². The van der Waals surface area contributed by atoms with Crippen LogP contribution in [0.3, 0.4) is 0 Å². The van der Waals surface area contributed by atoms with Crippen LogP contribution < -0.4 is 0 Å². The highest BCUT2D eigenvalue weighted by molar-refractivity contribution is 9.10. The van der Waals surface area contributed by atoms with Gasteiger partial charge < -0.3 is 0 Å². The molecule has 4 nitrogen and oxygen atoms in total. The predicted molar refractivity (Wildman–Crippen MR) is 48.2 cm³/mol. The van der Waals surface area contributed by atoms with E-state index in [0.29, 0.717) is 0 Å². The molecule has 0 aliphatic carbocycles. The predicted octanol–water partition coefficient (Wildman–Crippen LogP) is 1.51. The van der Waals surface area contributed by atoms with E-state index >= 15 is 0 Å². The minimum absolute atomic E-state index is 0.146. The Hall–Kier alpha value is -0.780. The van der Waals surface area contributed by atoms with Crippen molar-refractivity contribution in [2.45, 2.75) is 19.5 Å². The van der Waals surface area contributed by atoms with E-state index in [1.54, 1.807) is 0 Å². The lowest BCUT2D eigenvalue weighted by Gasteiger charge is -2.11. The monoisotopic (exact) mass is 249 g/mol. The third-order valence-corrected chi connectivity index (χ3v) is 2.07. The molecule has 1 rings (SSSR count). The van der Waals surface area contributed by atoms with Crippen molar-refractivity contribution in [3.8, 4) is 0 Å². The highest BCUT2D eigenvalue weighted by atomic mass is 79.9. The van der Waals surface area contributed by atoms with E-state index in [9.17, 15) is 9.18 Å². The van der Waals surface area contributed by atoms with Crippen molar-refractivity contribution in [3.05, 3.63) is 10.3 Å². The van der Waals surface area contributed by atoms with Crippen LogP contribution >= 0.6 is 15.9 Å². The van der Waals surface area contributed by atoms with Gasteiger partial charge in [0.15, 0.2) is 10.3 Å². The highest BCUT2D eigenvalue weighted by Gasteiger charge is 2.32. The van der Waals surface area contributed by atoms with Gasteiger partial charge in [-0.15, -0.1) is 5.10 Å². The van der Waals surface area contributed by atoms with Crippen molar-refractivity contribution in [3.63, 3.8) is 0 Å². The number of carbonyl (C=O) groups is 1. The fraction of sp³-hybridized carbons (Fsp3) is 0.571. The minimum atomic E-state index is -1.90. The third kappa shape index (κ3) is 1.93. The van der Waals surface area contributed by atoms with E-state index in [1.807, 2.05) is 0 Å². The first kappa shape index (κ1) is 10.3. The summed E-state index contributed by atoms with van der Waals surface area (Å²) in [7, 11) is 1.54. The summed E-state index contributed by atoms with van der Waals surface area (Å²) >= 11 is 3.03. The first-order valence-corrected chi connectivity index (χ1v) is 4.42. The Kier molecular flexibility index (Phi) is 2.51. The summed E-state index contributed by atoms with van der Waals surface area (Å²) in [6.07, 6.45) is 0. The summed E-state index contributed by atoms with van der Waals surface area (Å²) < 4.78 is 14.8. The number of aromatic nitrogens is 3. The maximum Gasteiger partial charge on any atom is 0.220 e. The van der Waals surface area contributed by atoms with E-state index in [-0.39, 0.29) is 10.3 Å². The van der Waals surface area contributed by atoms with Gasteiger partial charge >= 0.3 is 0 Å². The van der Waals surface area contributed by atoms with Crippen molar-refractivity contribution in [2.24, 2.45) is 7.05 Å². The molecule has 0 saturated carbocycles. The summed E-state index contributed by atoms with van der Waals surface area (Å²) in [6.45, 7) is 2.41. The van der Waals surface area contributed by atoms with Gasteiger partial charge in [-0.3, -0.25) is 4.79 Å². The number of Topliss-reactive ketones (excluding diaryl/α,β-unsaturated/α-hetero) is 1. The van der Waals surface area contributed by atoms with Crippen LogP contribution in [0, 0.1) is 0 Å². The lowest BCUT2D eigenvalue weighted by molar-refractivity contribution is 0.0748. The van der Waals surface area contributed by atoms with Crippen LogP contribution in [0.5, 0.6) is 0 Å². The molecule has 0 bridgehead atoms. The Morgan fingerprint density at radius 3 is 2.46 bits per heavy atom. The average molecular weight is 250 g/mol. The zero-order valence-electron chi connectivity index (χ0n) is 7.51. The summed E-state index contributed by atoms with van der Waals surface area (Å²) in [5, 5.41) is 7.18. The zero-order chi connectivity index (χ0) is 10.2. The molecule has 0 aliphatic heterocycles. The smallest absolute Gasteiger partial charge is 0.220 e. The number of alkyl halides is 1. The molecule has 0 aliphatic rings. The van der Waals surface area contributed by atoms with Gasteiger partial charge in [0.1, 0.15) is 5.69 Å². The largest absolute Gasteiger partial charge is 0.289 e. The van der Waals surface area contributed by atoms with E-state index < -0.39 is 11.5 Å². The van der Waals surface area contributed by atoms with E-state index in [2.05, 4.69) is 26.2 Å². The first-order chi connectivity index (χ1) is 5.84. The zero-order valence-corrected chi connectivity index (χ0v) is 9.09. The van der Waals surface area contributed by atoms with E-state index in [0.717, 1.165) is 0 Å². The Labute approximate surface area is 83.2 Å². The van der Waals surface area contributed by atoms with Crippen LogP contribution in [0.4, 0.5) is 4.39 Å². The molecule has 6 heteroatoms. The highest BCUT2D eigenvalue weighted by Crippen LogP contribution is 2.21. The van der Waals surface area contributed by atoms with Gasteiger partial charge in [0, 0.05) is 7.05 Å². The van der Waals surface area contributed by atoms with E-state index in [1.165, 1.54) is 25.6 Å². The fourth-order valence-electron chi connectivity index (χ4n) is 0.854. The van der Waals surface area contributed by atoms with Crippen molar-refractivity contribution in [1.29, 1.82) is 0 Å². The maximum absolute atomic E-state index is 13.3. The number of halogens is 2. The molecule has 0 atom stereocenters. The van der Waals surface area contributed by atoms with Crippen molar-refractivity contribution >= 4 is 21.7 Å². The van der Waals surface area contributed by atoms with Crippen LogP contribution in [-0.4, -0.2) is 26.4 Å². The van der Waals surface area contributed by atoms with Crippen molar-refractivity contribution in [1.82, 2.24) is 15.0 Å². The van der Waals surface area contributed by atoms with Gasteiger partial charge in [-0.2, -0.15) is 0 Å². The number of ketones is 1. The summed E-state index contributed by atoms with van der Waals surface area (Å²) in [5.41, 5.74) is -1.76. The van der Waals surface area contributed by atoms with E-state index in [4.69, 9.17) is 0 Å². The van der Waals surface area contributed by atoms with Gasteiger partial charge in [-0.1, -0.05) is 5.21 Å². The molecule has 0 radical (unpaired) electrons. The maximum atomic E-state index is 13.3. The molecule has 13 heavy (non-hydrogen) atoms. The third-order valence-electron chi connectivity index (χ3n) is 1.54. The molecule has 0 N–H and O–H groups in total. The molecule has 0 aromatic carbocycles. The van der Waals surface area contributed by atoms with Gasteiger partial charge in [0.25, 0.3) is 0 Å². The van der Waals surface area contributed by atoms with Crippen molar-refractivity contribution in [2.75, 3.05) is 0 Å². The molecule has 72 valence electrons. The number of hydrogen-bond acceptors (Lipinski definition) is 3. The Morgan fingerprint density at radius 2 is 2.15 bits per heavy atom. The van der Waals surface area contributed by atoms with Crippen molar-refractivity contribution < 1.29 is 9.18 Å². The molecule has 0 amide bonds. The van der Waals surface area contributed by atoms with Crippen LogP contribution in [0.15, 0.2) is 4.60 Å². The fourth-order valence-corrected chi connectivity index (χ4v) is 1.36.